The van der Waals surface area contributed by atoms with Gasteiger partial charge in [-0.25, -0.2) is 0 Å². The number of rotatable bonds is 2. The molecule has 3 nitrogen and oxygen atoms in total. The number of hydrogen-bond donors (Lipinski definition) is 0. The van der Waals surface area contributed by atoms with E-state index in [0.717, 1.165) is 15.6 Å². The molecule has 2 rings (SSSR count). The van der Waals surface area contributed by atoms with Gasteiger partial charge >= 0.3 is 0 Å². The lowest BCUT2D eigenvalue weighted by Gasteiger charge is -2.00. The fourth-order valence-electron chi connectivity index (χ4n) is 1.31. The lowest BCUT2D eigenvalue weighted by molar-refractivity contribution is 0.507. The monoisotopic (exact) mass is 300 g/mol. The van der Waals surface area contributed by atoms with Crippen LogP contribution in [0.2, 0.25) is 0 Å². The SMILES string of the molecule is Cc1ccc(Br)c(-c2nnc(C(C)Cl)o2)c1. The molecule has 0 fully saturated rings. The van der Waals surface area contributed by atoms with Crippen molar-refractivity contribution in [2.24, 2.45) is 0 Å². The minimum absolute atomic E-state index is 0.273. The van der Waals surface area contributed by atoms with E-state index >= 15 is 0 Å². The summed E-state index contributed by atoms with van der Waals surface area (Å²) >= 11 is 9.32. The molecule has 1 heterocycles. The van der Waals surface area contributed by atoms with Crippen molar-refractivity contribution < 1.29 is 4.42 Å². The molecule has 0 bridgehead atoms. The summed E-state index contributed by atoms with van der Waals surface area (Å²) in [5.74, 6) is 0.920. The molecular weight excluding hydrogens is 291 g/mol. The Morgan fingerprint density at radius 1 is 1.38 bits per heavy atom. The van der Waals surface area contributed by atoms with Gasteiger partial charge in [0.1, 0.15) is 5.38 Å². The van der Waals surface area contributed by atoms with Crippen molar-refractivity contribution in [3.63, 3.8) is 0 Å². The van der Waals surface area contributed by atoms with E-state index in [9.17, 15) is 0 Å². The third-order valence-corrected chi connectivity index (χ3v) is 3.01. The summed E-state index contributed by atoms with van der Waals surface area (Å²) in [6, 6.07) is 5.95. The fraction of sp³-hybridized carbons (Fsp3) is 0.273. The van der Waals surface area contributed by atoms with E-state index in [2.05, 4.69) is 26.1 Å². The van der Waals surface area contributed by atoms with E-state index in [4.69, 9.17) is 16.0 Å². The van der Waals surface area contributed by atoms with Gasteiger partial charge in [-0.3, -0.25) is 0 Å². The van der Waals surface area contributed by atoms with Crippen molar-refractivity contribution in [2.75, 3.05) is 0 Å². The van der Waals surface area contributed by atoms with E-state index in [0.29, 0.717) is 11.8 Å². The van der Waals surface area contributed by atoms with E-state index in [1.807, 2.05) is 25.1 Å². The second-order valence-corrected chi connectivity index (χ2v) is 5.05. The van der Waals surface area contributed by atoms with E-state index < -0.39 is 0 Å². The minimum atomic E-state index is -0.273. The van der Waals surface area contributed by atoms with Crippen LogP contribution in [0.15, 0.2) is 27.1 Å². The van der Waals surface area contributed by atoms with E-state index in [1.54, 1.807) is 6.92 Å². The molecule has 0 aliphatic carbocycles. The Balaban J connectivity index is 2.46. The van der Waals surface area contributed by atoms with E-state index in [1.165, 1.54) is 0 Å². The van der Waals surface area contributed by atoms with Gasteiger partial charge in [0, 0.05) is 4.47 Å². The first-order valence-corrected chi connectivity index (χ1v) is 6.05. The zero-order valence-corrected chi connectivity index (χ0v) is 11.2. The molecule has 5 heteroatoms. The van der Waals surface area contributed by atoms with E-state index in [-0.39, 0.29) is 5.38 Å². The summed E-state index contributed by atoms with van der Waals surface area (Å²) in [5.41, 5.74) is 2.02. The summed E-state index contributed by atoms with van der Waals surface area (Å²) in [7, 11) is 0. The van der Waals surface area contributed by atoms with Gasteiger partial charge in [0.05, 0.1) is 5.56 Å². The molecule has 0 saturated heterocycles. The van der Waals surface area contributed by atoms with Gasteiger partial charge in [-0.2, -0.15) is 0 Å². The van der Waals surface area contributed by atoms with Crippen molar-refractivity contribution in [3.8, 4) is 11.5 Å². The number of halogens is 2. The lowest BCUT2D eigenvalue weighted by Crippen LogP contribution is -1.82. The highest BCUT2D eigenvalue weighted by Crippen LogP contribution is 2.29. The zero-order valence-electron chi connectivity index (χ0n) is 8.87. The molecule has 2 aromatic rings. The lowest BCUT2D eigenvalue weighted by atomic mass is 10.1. The molecule has 16 heavy (non-hydrogen) atoms. The van der Waals surface area contributed by atoms with Crippen LogP contribution in [0.4, 0.5) is 0 Å². The third-order valence-electron chi connectivity index (χ3n) is 2.13. The largest absolute Gasteiger partial charge is 0.419 e. The first-order valence-electron chi connectivity index (χ1n) is 4.82. The maximum absolute atomic E-state index is 5.87. The number of hydrogen-bond acceptors (Lipinski definition) is 3. The first kappa shape index (κ1) is 11.6. The Bertz CT molecular complexity index is 510. The Labute approximate surface area is 107 Å². The average molecular weight is 302 g/mol. The Morgan fingerprint density at radius 2 is 2.12 bits per heavy atom. The standard InChI is InChI=1S/C11H10BrClN2O/c1-6-3-4-9(12)8(5-6)11-15-14-10(16-11)7(2)13/h3-5,7H,1-2H3. The molecule has 1 atom stereocenters. The van der Waals surface area contributed by atoms with Crippen molar-refractivity contribution >= 4 is 27.5 Å². The van der Waals surface area contributed by atoms with Crippen LogP contribution in [0.5, 0.6) is 0 Å². The van der Waals surface area contributed by atoms with Gasteiger partial charge in [0.25, 0.3) is 0 Å². The molecule has 0 aliphatic rings. The normalized spacial score (nSPS) is 12.8. The van der Waals surface area contributed by atoms with Crippen molar-refractivity contribution in [2.45, 2.75) is 19.2 Å². The molecule has 0 N–H and O–H groups in total. The second-order valence-electron chi connectivity index (χ2n) is 3.54. The highest BCUT2D eigenvalue weighted by molar-refractivity contribution is 9.10. The van der Waals surface area contributed by atoms with Gasteiger partial charge in [-0.1, -0.05) is 11.6 Å². The number of aryl methyl sites for hydroxylation is 1. The van der Waals surface area contributed by atoms with Gasteiger partial charge < -0.3 is 4.42 Å². The highest BCUT2D eigenvalue weighted by Gasteiger charge is 2.14. The Kier molecular flexibility index (Phi) is 3.30. The van der Waals surface area contributed by atoms with Crippen molar-refractivity contribution in [1.29, 1.82) is 0 Å². The summed E-state index contributed by atoms with van der Waals surface area (Å²) < 4.78 is 6.41. The Morgan fingerprint density at radius 3 is 2.75 bits per heavy atom. The average Bonchev–Trinajstić information content (AvgIpc) is 2.70. The second kappa shape index (κ2) is 4.55. The maximum atomic E-state index is 5.87. The number of alkyl halides is 1. The summed E-state index contributed by atoms with van der Waals surface area (Å²) in [6.45, 7) is 3.81. The minimum Gasteiger partial charge on any atom is -0.419 e. The molecule has 1 aromatic heterocycles. The molecule has 1 unspecified atom stereocenters. The van der Waals surface area contributed by atoms with Crippen LogP contribution in [-0.2, 0) is 0 Å². The molecule has 0 radical (unpaired) electrons. The highest BCUT2D eigenvalue weighted by atomic mass is 79.9. The fourth-order valence-corrected chi connectivity index (χ4v) is 1.81. The third kappa shape index (κ3) is 2.28. The predicted octanol–water partition coefficient (Wildman–Crippen LogP) is 4.11. The topological polar surface area (TPSA) is 38.9 Å². The molecule has 0 amide bonds. The van der Waals surface area contributed by atoms with Crippen LogP contribution in [-0.4, -0.2) is 10.2 Å². The van der Waals surface area contributed by atoms with Gasteiger partial charge in [0.15, 0.2) is 0 Å². The summed E-state index contributed by atoms with van der Waals surface area (Å²) in [6.07, 6.45) is 0. The molecule has 1 aromatic carbocycles. The molecule has 0 saturated carbocycles. The molecule has 0 aliphatic heterocycles. The first-order chi connectivity index (χ1) is 7.58. The zero-order chi connectivity index (χ0) is 11.7. The number of aromatic nitrogens is 2. The van der Waals surface area contributed by atoms with Crippen LogP contribution >= 0.6 is 27.5 Å². The summed E-state index contributed by atoms with van der Waals surface area (Å²) in [4.78, 5) is 0. The van der Waals surface area contributed by atoms with Gasteiger partial charge in [-0.05, 0) is 41.9 Å². The van der Waals surface area contributed by atoms with Crippen LogP contribution in [0, 0.1) is 6.92 Å². The van der Waals surface area contributed by atoms with Crippen LogP contribution < -0.4 is 0 Å². The molecular formula is C11H10BrClN2O. The molecule has 0 spiro atoms. The maximum Gasteiger partial charge on any atom is 0.248 e. The van der Waals surface area contributed by atoms with Crippen molar-refractivity contribution in [3.05, 3.63) is 34.1 Å². The van der Waals surface area contributed by atoms with Crippen LogP contribution in [0.1, 0.15) is 23.8 Å². The Hall–Kier alpha value is -0.870. The van der Waals surface area contributed by atoms with Crippen molar-refractivity contribution in [1.82, 2.24) is 10.2 Å². The summed E-state index contributed by atoms with van der Waals surface area (Å²) in [5, 5.41) is 7.60. The van der Waals surface area contributed by atoms with Gasteiger partial charge in [-0.15, -0.1) is 21.8 Å². The van der Waals surface area contributed by atoms with Crippen LogP contribution in [0.3, 0.4) is 0 Å². The number of nitrogens with zero attached hydrogens (tertiary/aromatic N) is 2. The van der Waals surface area contributed by atoms with Crippen LogP contribution in [0.25, 0.3) is 11.5 Å². The quantitative estimate of drug-likeness (QED) is 0.784. The van der Waals surface area contributed by atoms with Gasteiger partial charge in [0.2, 0.25) is 11.8 Å². The smallest absolute Gasteiger partial charge is 0.248 e. The number of benzene rings is 1. The predicted molar refractivity (Wildman–Crippen MR) is 66.4 cm³/mol. The molecule has 84 valence electrons.